The third-order valence-corrected chi connectivity index (χ3v) is 3.34. The van der Waals surface area contributed by atoms with E-state index in [1.54, 1.807) is 6.07 Å². The summed E-state index contributed by atoms with van der Waals surface area (Å²) in [6, 6.07) is 5.53. The Balaban J connectivity index is 2.35. The van der Waals surface area contributed by atoms with Gasteiger partial charge in [-0.1, -0.05) is 31.4 Å². The van der Waals surface area contributed by atoms with E-state index in [0.29, 0.717) is 5.56 Å². The maximum atomic E-state index is 10.5. The number of rotatable bonds is 1. The van der Waals surface area contributed by atoms with Gasteiger partial charge in [-0.3, -0.25) is 0 Å². The highest BCUT2D eigenvalue weighted by Crippen LogP contribution is 2.40. The van der Waals surface area contributed by atoms with E-state index >= 15 is 0 Å². The van der Waals surface area contributed by atoms with E-state index in [9.17, 15) is 10.2 Å². The van der Waals surface area contributed by atoms with Crippen LogP contribution in [0.15, 0.2) is 18.2 Å². The molecule has 82 valence electrons. The third-order valence-electron chi connectivity index (χ3n) is 3.34. The van der Waals surface area contributed by atoms with Gasteiger partial charge in [-0.25, -0.2) is 0 Å². The van der Waals surface area contributed by atoms with E-state index in [2.05, 4.69) is 0 Å². The molecule has 1 aromatic carbocycles. The van der Waals surface area contributed by atoms with Gasteiger partial charge >= 0.3 is 0 Å². The molecule has 0 spiro atoms. The molecular formula is C13H18O2. The third kappa shape index (κ3) is 2.00. The molecule has 15 heavy (non-hydrogen) atoms. The summed E-state index contributed by atoms with van der Waals surface area (Å²) in [4.78, 5) is 0. The number of hydrogen-bond acceptors (Lipinski definition) is 2. The monoisotopic (exact) mass is 206 g/mol. The summed E-state index contributed by atoms with van der Waals surface area (Å²) >= 11 is 0. The van der Waals surface area contributed by atoms with Gasteiger partial charge in [0.05, 0.1) is 5.60 Å². The molecular weight excluding hydrogens is 188 g/mol. The summed E-state index contributed by atoms with van der Waals surface area (Å²) < 4.78 is 0. The van der Waals surface area contributed by atoms with Gasteiger partial charge in [-0.2, -0.15) is 0 Å². The maximum absolute atomic E-state index is 10.5. The molecule has 0 atom stereocenters. The van der Waals surface area contributed by atoms with Gasteiger partial charge in [0.2, 0.25) is 0 Å². The van der Waals surface area contributed by atoms with Crippen LogP contribution in [0.25, 0.3) is 0 Å². The van der Waals surface area contributed by atoms with Crippen LogP contribution in [0.4, 0.5) is 0 Å². The first-order valence-electron chi connectivity index (χ1n) is 5.64. The zero-order chi connectivity index (χ0) is 10.9. The zero-order valence-corrected chi connectivity index (χ0v) is 9.16. The Labute approximate surface area is 90.6 Å². The first-order valence-corrected chi connectivity index (χ1v) is 5.64. The highest BCUT2D eigenvalue weighted by atomic mass is 16.3. The van der Waals surface area contributed by atoms with E-state index in [1.807, 2.05) is 19.1 Å². The van der Waals surface area contributed by atoms with Crippen LogP contribution in [0.1, 0.15) is 43.2 Å². The fraction of sp³-hybridized carbons (Fsp3) is 0.538. The quantitative estimate of drug-likeness (QED) is 0.741. The lowest BCUT2D eigenvalue weighted by atomic mass is 9.79. The van der Waals surface area contributed by atoms with Crippen LogP contribution in [0.2, 0.25) is 0 Å². The molecule has 1 aliphatic rings. The molecule has 2 N–H and O–H groups in total. The topological polar surface area (TPSA) is 40.5 Å². The van der Waals surface area contributed by atoms with E-state index in [0.717, 1.165) is 31.2 Å². The Morgan fingerprint density at radius 3 is 2.40 bits per heavy atom. The Hall–Kier alpha value is -1.02. The molecule has 0 radical (unpaired) electrons. The van der Waals surface area contributed by atoms with Gasteiger partial charge in [0, 0.05) is 5.56 Å². The molecule has 1 saturated carbocycles. The molecule has 0 unspecified atom stereocenters. The minimum atomic E-state index is -0.796. The van der Waals surface area contributed by atoms with Gasteiger partial charge in [0.1, 0.15) is 5.75 Å². The summed E-state index contributed by atoms with van der Waals surface area (Å²) in [5.74, 6) is 0.236. The molecule has 2 heteroatoms. The van der Waals surface area contributed by atoms with E-state index in [1.165, 1.54) is 6.42 Å². The number of aliphatic hydroxyl groups is 1. The predicted octanol–water partition coefficient (Wildman–Crippen LogP) is 2.85. The Morgan fingerprint density at radius 1 is 1.13 bits per heavy atom. The van der Waals surface area contributed by atoms with Gasteiger partial charge in [0.15, 0.2) is 0 Å². The zero-order valence-electron chi connectivity index (χ0n) is 9.16. The minimum Gasteiger partial charge on any atom is -0.508 e. The highest BCUT2D eigenvalue weighted by Gasteiger charge is 2.33. The standard InChI is InChI=1S/C13H18O2/c1-10-5-6-11(12(14)9-10)13(15)7-3-2-4-8-13/h5-6,9,14-15H,2-4,7-8H2,1H3. The van der Waals surface area contributed by atoms with Crippen molar-refractivity contribution in [3.8, 4) is 5.75 Å². The first kappa shape index (κ1) is 10.5. The van der Waals surface area contributed by atoms with Crippen molar-refractivity contribution in [2.75, 3.05) is 0 Å². The smallest absolute Gasteiger partial charge is 0.121 e. The van der Waals surface area contributed by atoms with Crippen LogP contribution in [0.5, 0.6) is 5.75 Å². The predicted molar refractivity (Wildman–Crippen MR) is 59.8 cm³/mol. The number of hydrogen-bond donors (Lipinski definition) is 2. The highest BCUT2D eigenvalue weighted by molar-refractivity contribution is 5.40. The van der Waals surface area contributed by atoms with Crippen LogP contribution in [0.3, 0.4) is 0 Å². The molecule has 0 saturated heterocycles. The second-order valence-electron chi connectivity index (χ2n) is 4.61. The summed E-state index contributed by atoms with van der Waals surface area (Å²) in [7, 11) is 0. The van der Waals surface area contributed by atoms with Crippen molar-refractivity contribution >= 4 is 0 Å². The minimum absolute atomic E-state index is 0.236. The van der Waals surface area contributed by atoms with Crippen molar-refractivity contribution in [1.82, 2.24) is 0 Å². The SMILES string of the molecule is Cc1ccc(C2(O)CCCCC2)c(O)c1. The lowest BCUT2D eigenvalue weighted by Gasteiger charge is -2.33. The number of phenols is 1. The van der Waals surface area contributed by atoms with Crippen molar-refractivity contribution in [3.63, 3.8) is 0 Å². The molecule has 0 bridgehead atoms. The average molecular weight is 206 g/mol. The van der Waals surface area contributed by atoms with Crippen molar-refractivity contribution in [1.29, 1.82) is 0 Å². The first-order chi connectivity index (χ1) is 7.12. The van der Waals surface area contributed by atoms with E-state index in [-0.39, 0.29) is 5.75 Å². The Morgan fingerprint density at radius 2 is 1.80 bits per heavy atom. The van der Waals surface area contributed by atoms with Crippen LogP contribution < -0.4 is 0 Å². The van der Waals surface area contributed by atoms with Crippen molar-refractivity contribution in [2.45, 2.75) is 44.6 Å². The number of phenolic OH excluding ortho intramolecular Hbond substituents is 1. The number of aryl methyl sites for hydroxylation is 1. The van der Waals surface area contributed by atoms with Crippen molar-refractivity contribution in [2.24, 2.45) is 0 Å². The molecule has 1 fully saturated rings. The van der Waals surface area contributed by atoms with Gasteiger partial charge in [-0.05, 0) is 31.4 Å². The summed E-state index contributed by atoms with van der Waals surface area (Å²) in [6.07, 6.45) is 4.82. The molecule has 2 nitrogen and oxygen atoms in total. The second-order valence-corrected chi connectivity index (χ2v) is 4.61. The molecule has 0 aromatic heterocycles. The molecule has 1 aliphatic carbocycles. The lowest BCUT2D eigenvalue weighted by Crippen LogP contribution is -2.28. The molecule has 0 aliphatic heterocycles. The van der Waals surface area contributed by atoms with Crippen LogP contribution in [0, 0.1) is 6.92 Å². The van der Waals surface area contributed by atoms with E-state index in [4.69, 9.17) is 0 Å². The molecule has 0 heterocycles. The van der Waals surface area contributed by atoms with Gasteiger partial charge in [0.25, 0.3) is 0 Å². The maximum Gasteiger partial charge on any atom is 0.121 e. The van der Waals surface area contributed by atoms with Gasteiger partial charge < -0.3 is 10.2 Å². The van der Waals surface area contributed by atoms with Crippen LogP contribution >= 0.6 is 0 Å². The van der Waals surface area contributed by atoms with E-state index < -0.39 is 5.60 Å². The van der Waals surface area contributed by atoms with Crippen molar-refractivity contribution < 1.29 is 10.2 Å². The normalized spacial score (nSPS) is 20.1. The summed E-state index contributed by atoms with van der Waals surface area (Å²) in [5.41, 5.74) is 0.930. The average Bonchev–Trinajstić information content (AvgIpc) is 2.18. The van der Waals surface area contributed by atoms with Crippen LogP contribution in [-0.4, -0.2) is 10.2 Å². The summed E-state index contributed by atoms with van der Waals surface area (Å²) in [6.45, 7) is 1.94. The Bertz CT molecular complexity index is 352. The molecule has 2 rings (SSSR count). The Kier molecular flexibility index (Phi) is 2.70. The largest absolute Gasteiger partial charge is 0.508 e. The van der Waals surface area contributed by atoms with Crippen LogP contribution in [-0.2, 0) is 5.60 Å². The fourth-order valence-electron chi connectivity index (χ4n) is 2.44. The summed E-state index contributed by atoms with van der Waals surface area (Å²) in [5, 5.41) is 20.3. The molecule has 0 amide bonds. The molecule has 1 aromatic rings. The van der Waals surface area contributed by atoms with Gasteiger partial charge in [-0.15, -0.1) is 0 Å². The number of aromatic hydroxyl groups is 1. The number of benzene rings is 1. The fourth-order valence-corrected chi connectivity index (χ4v) is 2.44. The van der Waals surface area contributed by atoms with Crippen molar-refractivity contribution in [3.05, 3.63) is 29.3 Å². The second kappa shape index (κ2) is 3.86. The lowest BCUT2D eigenvalue weighted by molar-refractivity contribution is -0.00252.